The van der Waals surface area contributed by atoms with Crippen LogP contribution in [0.15, 0.2) is 0 Å². The quantitative estimate of drug-likeness (QED) is 0.0222. The first-order chi connectivity index (χ1) is 41.2. The summed E-state index contributed by atoms with van der Waals surface area (Å²) in [4.78, 5) is 72.1. The number of hydrogen-bond donors (Lipinski definition) is 3. The van der Waals surface area contributed by atoms with Crippen molar-refractivity contribution in [1.29, 1.82) is 0 Å². The summed E-state index contributed by atoms with van der Waals surface area (Å²) in [6.07, 6.45) is 47.4. The van der Waals surface area contributed by atoms with Crippen LogP contribution in [-0.2, 0) is 65.4 Å². The molecule has 0 radical (unpaired) electrons. The minimum atomic E-state index is -4.94. The van der Waals surface area contributed by atoms with Crippen LogP contribution in [0, 0.1) is 0 Å². The molecule has 0 aliphatic rings. The summed E-state index contributed by atoms with van der Waals surface area (Å²) in [6.45, 7) is 4.85. The Bertz CT molecular complexity index is 1640. The van der Waals surface area contributed by atoms with Gasteiger partial charge in [0.15, 0.2) is 12.2 Å². The van der Waals surface area contributed by atoms with Crippen LogP contribution in [0.3, 0.4) is 0 Å². The Morgan fingerprint density at radius 3 is 0.694 bits per heavy atom. The summed E-state index contributed by atoms with van der Waals surface area (Å²) >= 11 is 0. The van der Waals surface area contributed by atoms with Gasteiger partial charge >= 0.3 is 39.5 Å². The van der Waals surface area contributed by atoms with Gasteiger partial charge in [0.2, 0.25) is 0 Å². The fourth-order valence-electron chi connectivity index (χ4n) is 9.99. The van der Waals surface area contributed by atoms with Gasteiger partial charge in [-0.25, -0.2) is 9.13 Å². The third-order valence-corrected chi connectivity index (χ3v) is 17.3. The van der Waals surface area contributed by atoms with E-state index in [1.807, 2.05) is 0 Å². The minimum absolute atomic E-state index is 0.105. The number of carbonyl (C=O) groups is 4. The largest absolute Gasteiger partial charge is 0.472 e. The monoisotopic (exact) mass is 1250 g/mol. The van der Waals surface area contributed by atoms with Crippen LogP contribution in [0.25, 0.3) is 0 Å². The van der Waals surface area contributed by atoms with Gasteiger partial charge in [0.1, 0.15) is 19.3 Å². The highest BCUT2D eigenvalue weighted by atomic mass is 31.2. The van der Waals surface area contributed by atoms with Gasteiger partial charge in [0.05, 0.1) is 26.4 Å². The molecule has 0 heterocycles. The smallest absolute Gasteiger partial charge is 0.462 e. The highest BCUT2D eigenvalue weighted by Crippen LogP contribution is 2.45. The fraction of sp³-hybridized carbons (Fsp3) is 0.939. The van der Waals surface area contributed by atoms with E-state index in [0.717, 1.165) is 109 Å². The first-order valence-corrected chi connectivity index (χ1v) is 37.8. The molecule has 0 aromatic carbocycles. The zero-order valence-corrected chi connectivity index (χ0v) is 56.4. The van der Waals surface area contributed by atoms with Crippen molar-refractivity contribution in [1.82, 2.24) is 0 Å². The predicted molar refractivity (Wildman–Crippen MR) is 340 cm³/mol. The van der Waals surface area contributed by atoms with Crippen molar-refractivity contribution in [2.24, 2.45) is 0 Å². The normalized spacial score (nSPS) is 14.1. The van der Waals surface area contributed by atoms with Gasteiger partial charge in [0.25, 0.3) is 0 Å². The third kappa shape index (κ3) is 60.7. The van der Waals surface area contributed by atoms with Gasteiger partial charge in [-0.05, 0) is 25.7 Å². The van der Waals surface area contributed by atoms with Crippen molar-refractivity contribution in [3.8, 4) is 0 Å². The van der Waals surface area contributed by atoms with Crippen LogP contribution in [0.2, 0.25) is 0 Å². The zero-order chi connectivity index (χ0) is 62.6. The number of ether oxygens (including phenoxy) is 4. The van der Waals surface area contributed by atoms with Crippen LogP contribution < -0.4 is 0 Å². The van der Waals surface area contributed by atoms with E-state index < -0.39 is 97.5 Å². The minimum Gasteiger partial charge on any atom is -0.462 e. The van der Waals surface area contributed by atoms with E-state index in [-0.39, 0.29) is 25.7 Å². The summed E-state index contributed by atoms with van der Waals surface area (Å²) in [5, 5.41) is 10.5. The first kappa shape index (κ1) is 83.1. The molecule has 0 rings (SSSR count). The van der Waals surface area contributed by atoms with Gasteiger partial charge in [-0.15, -0.1) is 0 Å². The molecule has 5 atom stereocenters. The fourth-order valence-corrected chi connectivity index (χ4v) is 11.6. The van der Waals surface area contributed by atoms with Crippen LogP contribution >= 0.6 is 15.6 Å². The number of hydrogen-bond acceptors (Lipinski definition) is 15. The molecule has 17 nitrogen and oxygen atoms in total. The molecular formula is C66H128O17P2. The van der Waals surface area contributed by atoms with Gasteiger partial charge in [-0.2, -0.15) is 0 Å². The maximum atomic E-state index is 13.0. The second-order valence-corrected chi connectivity index (χ2v) is 26.8. The maximum Gasteiger partial charge on any atom is 0.472 e. The Morgan fingerprint density at radius 2 is 0.471 bits per heavy atom. The molecule has 0 aromatic heterocycles. The molecule has 0 fully saturated rings. The summed E-state index contributed by atoms with van der Waals surface area (Å²) in [7, 11) is -9.88. The number of unbranched alkanes of at least 4 members (excludes halogenated alkanes) is 41. The summed E-state index contributed by atoms with van der Waals surface area (Å²) in [6, 6.07) is 0. The Hall–Kier alpha value is -1.94. The van der Waals surface area contributed by atoms with Gasteiger partial charge in [0, 0.05) is 25.7 Å². The maximum absolute atomic E-state index is 13.0. The van der Waals surface area contributed by atoms with E-state index >= 15 is 0 Å². The standard InChI is InChI=1S/C66H128O17P2/c1-5-9-13-17-21-24-26-28-29-30-31-32-33-35-37-41-45-49-53-66(71)83-62(57-77-64(69)51-47-43-40-36-34-27-25-22-18-14-10-6-2)59-81-85(74,75)79-55-60(67)54-78-84(72,73)80-58-61(56-76-63(68)50-46-42-38-20-16-12-8-4)82-65(70)52-48-44-39-23-19-15-11-7-3/h60-62,67H,5-59H2,1-4H3,(H,72,73)(H,74,75)/t60-,61+,62+/m0/s1. The molecule has 0 saturated carbocycles. The molecule has 0 bridgehead atoms. The average Bonchev–Trinajstić information content (AvgIpc) is 3.52. The highest BCUT2D eigenvalue weighted by molar-refractivity contribution is 7.47. The molecular weight excluding hydrogens is 1130 g/mol. The van der Waals surface area contributed by atoms with Gasteiger partial charge in [-0.1, -0.05) is 291 Å². The van der Waals surface area contributed by atoms with Crippen LogP contribution in [0.5, 0.6) is 0 Å². The number of aliphatic hydroxyl groups excluding tert-OH is 1. The van der Waals surface area contributed by atoms with Crippen molar-refractivity contribution >= 4 is 39.5 Å². The Kier molecular flexibility index (Phi) is 59.6. The second kappa shape index (κ2) is 60.9. The van der Waals surface area contributed by atoms with E-state index in [1.54, 1.807) is 0 Å². The molecule has 2 unspecified atom stereocenters. The van der Waals surface area contributed by atoms with Gasteiger partial charge < -0.3 is 33.8 Å². The summed E-state index contributed by atoms with van der Waals surface area (Å²) in [5.74, 6) is -2.13. The lowest BCUT2D eigenvalue weighted by molar-refractivity contribution is -0.161. The topological polar surface area (TPSA) is 237 Å². The number of aliphatic hydroxyl groups is 1. The Labute approximate surface area is 517 Å². The SMILES string of the molecule is CCCCCCCCCCCCCCCCCCCCC(=O)O[C@H](COC(=O)CCCCCCCCCCCCCC)COP(=O)(O)OC[C@@H](O)COP(=O)(O)OC[C@@H](COC(=O)CCCCCCCCC)OC(=O)CCCCCCCCCC. The van der Waals surface area contributed by atoms with Crippen LogP contribution in [0.1, 0.15) is 342 Å². The van der Waals surface area contributed by atoms with Crippen molar-refractivity contribution in [2.75, 3.05) is 39.6 Å². The lowest BCUT2D eigenvalue weighted by Crippen LogP contribution is -2.30. The van der Waals surface area contributed by atoms with Crippen LogP contribution in [0.4, 0.5) is 0 Å². The summed E-state index contributed by atoms with van der Waals surface area (Å²) < 4.78 is 67.9. The molecule has 0 amide bonds. The molecule has 0 aromatic rings. The molecule has 19 heteroatoms. The molecule has 0 aliphatic carbocycles. The Balaban J connectivity index is 5.15. The van der Waals surface area contributed by atoms with E-state index in [0.29, 0.717) is 25.7 Å². The van der Waals surface area contributed by atoms with Crippen molar-refractivity contribution in [2.45, 2.75) is 361 Å². The number of rotatable bonds is 67. The van der Waals surface area contributed by atoms with Gasteiger partial charge in [-0.3, -0.25) is 37.3 Å². The molecule has 0 saturated heterocycles. The molecule has 3 N–H and O–H groups in total. The molecule has 0 aliphatic heterocycles. The molecule has 85 heavy (non-hydrogen) atoms. The molecule has 0 spiro atoms. The molecule has 504 valence electrons. The number of phosphoric acid groups is 2. The number of phosphoric ester groups is 2. The van der Waals surface area contributed by atoms with E-state index in [4.69, 9.17) is 37.0 Å². The Morgan fingerprint density at radius 1 is 0.282 bits per heavy atom. The zero-order valence-electron chi connectivity index (χ0n) is 54.6. The van der Waals surface area contributed by atoms with E-state index in [2.05, 4.69) is 27.7 Å². The highest BCUT2D eigenvalue weighted by Gasteiger charge is 2.30. The second-order valence-electron chi connectivity index (χ2n) is 23.9. The number of carbonyl (C=O) groups excluding carboxylic acids is 4. The number of esters is 4. The third-order valence-electron chi connectivity index (χ3n) is 15.4. The van der Waals surface area contributed by atoms with E-state index in [1.165, 1.54) is 154 Å². The average molecular weight is 1260 g/mol. The van der Waals surface area contributed by atoms with Crippen molar-refractivity contribution in [3.63, 3.8) is 0 Å². The van der Waals surface area contributed by atoms with Crippen molar-refractivity contribution in [3.05, 3.63) is 0 Å². The van der Waals surface area contributed by atoms with Crippen molar-refractivity contribution < 1.29 is 80.2 Å². The summed E-state index contributed by atoms with van der Waals surface area (Å²) in [5.41, 5.74) is 0. The first-order valence-electron chi connectivity index (χ1n) is 34.8. The lowest BCUT2D eigenvalue weighted by Gasteiger charge is -2.21. The predicted octanol–water partition coefficient (Wildman–Crippen LogP) is 18.7. The van der Waals surface area contributed by atoms with E-state index in [9.17, 15) is 43.2 Å². The lowest BCUT2D eigenvalue weighted by atomic mass is 10.0. The van der Waals surface area contributed by atoms with Crippen LogP contribution in [-0.4, -0.2) is 96.7 Å².